The monoisotopic (exact) mass is 401 g/mol. The number of rotatable bonds is 5. The second-order valence-corrected chi connectivity index (χ2v) is 9.36. The molecule has 2 aromatic carbocycles. The third-order valence-corrected chi connectivity index (χ3v) is 7.04. The van der Waals surface area contributed by atoms with Crippen molar-refractivity contribution in [1.29, 1.82) is 0 Å². The summed E-state index contributed by atoms with van der Waals surface area (Å²) in [4.78, 5) is 15.1. The van der Waals surface area contributed by atoms with Gasteiger partial charge in [0.15, 0.2) is 0 Å². The molecule has 1 heterocycles. The highest BCUT2D eigenvalue weighted by Gasteiger charge is 2.39. The molecule has 7 heteroatoms. The van der Waals surface area contributed by atoms with Gasteiger partial charge in [-0.2, -0.15) is 4.31 Å². The van der Waals surface area contributed by atoms with Crippen LogP contribution in [0, 0.1) is 13.8 Å². The molecule has 0 radical (unpaired) electrons. The zero-order valence-electron chi connectivity index (χ0n) is 16.8. The third-order valence-electron chi connectivity index (χ3n) is 5.12. The average molecular weight is 402 g/mol. The summed E-state index contributed by atoms with van der Waals surface area (Å²) in [5, 5.41) is 2.92. The summed E-state index contributed by atoms with van der Waals surface area (Å²) in [6.45, 7) is 4.19. The Morgan fingerprint density at radius 3 is 2.39 bits per heavy atom. The van der Waals surface area contributed by atoms with Gasteiger partial charge in [0.2, 0.25) is 15.9 Å². The predicted molar refractivity (Wildman–Crippen MR) is 112 cm³/mol. The quantitative estimate of drug-likeness (QED) is 0.836. The third kappa shape index (κ3) is 4.05. The van der Waals surface area contributed by atoms with Crippen LogP contribution < -0.4 is 10.2 Å². The molecule has 28 heavy (non-hydrogen) atoms. The molecular formula is C21H27N3O3S. The first-order chi connectivity index (χ1) is 13.2. The molecule has 0 spiro atoms. The number of carbonyl (C=O) groups is 1. The summed E-state index contributed by atoms with van der Waals surface area (Å²) in [5.74, 6) is -0.283. The Kier molecular flexibility index (Phi) is 5.76. The van der Waals surface area contributed by atoms with Crippen LogP contribution in [0.3, 0.4) is 0 Å². The zero-order chi connectivity index (χ0) is 20.5. The number of hydrogen-bond donors (Lipinski definition) is 1. The first-order valence-corrected chi connectivity index (χ1v) is 10.8. The number of benzene rings is 2. The maximum Gasteiger partial charge on any atom is 0.243 e. The number of amides is 1. The zero-order valence-corrected chi connectivity index (χ0v) is 17.6. The Labute approximate surface area is 167 Å². The molecule has 1 aliphatic rings. The van der Waals surface area contributed by atoms with Crippen LogP contribution in [0.15, 0.2) is 47.4 Å². The molecular weight excluding hydrogens is 374 g/mol. The first-order valence-electron chi connectivity index (χ1n) is 9.37. The highest BCUT2D eigenvalue weighted by Crippen LogP contribution is 2.28. The molecule has 3 rings (SSSR count). The second-order valence-electron chi connectivity index (χ2n) is 7.47. The SMILES string of the molecule is Cc1ccc(S(=O)(=O)N2CCC[C@H]2C(=O)Nc2ccc(N(C)C)cc2C)cc1. The molecule has 1 N–H and O–H groups in total. The van der Waals surface area contributed by atoms with E-state index >= 15 is 0 Å². The lowest BCUT2D eigenvalue weighted by Gasteiger charge is -2.24. The van der Waals surface area contributed by atoms with E-state index in [4.69, 9.17) is 0 Å². The number of anilines is 2. The molecule has 0 aliphatic carbocycles. The molecule has 1 atom stereocenters. The highest BCUT2D eigenvalue weighted by atomic mass is 32.2. The van der Waals surface area contributed by atoms with Crippen LogP contribution in [-0.2, 0) is 14.8 Å². The molecule has 0 unspecified atom stereocenters. The van der Waals surface area contributed by atoms with E-state index in [1.807, 2.05) is 51.0 Å². The van der Waals surface area contributed by atoms with Gasteiger partial charge < -0.3 is 10.2 Å². The van der Waals surface area contributed by atoms with Gasteiger partial charge in [0.05, 0.1) is 4.90 Å². The van der Waals surface area contributed by atoms with Crippen molar-refractivity contribution in [3.8, 4) is 0 Å². The van der Waals surface area contributed by atoms with Crippen molar-refractivity contribution in [1.82, 2.24) is 4.31 Å². The maximum atomic E-state index is 13.0. The van der Waals surface area contributed by atoms with Crippen LogP contribution in [-0.4, -0.2) is 45.3 Å². The van der Waals surface area contributed by atoms with E-state index in [0.29, 0.717) is 25.1 Å². The van der Waals surface area contributed by atoms with Crippen molar-refractivity contribution in [3.05, 3.63) is 53.6 Å². The Morgan fingerprint density at radius 1 is 1.11 bits per heavy atom. The van der Waals surface area contributed by atoms with E-state index in [1.165, 1.54) is 4.31 Å². The summed E-state index contributed by atoms with van der Waals surface area (Å²) in [5.41, 5.74) is 3.67. The van der Waals surface area contributed by atoms with Crippen molar-refractivity contribution in [2.24, 2.45) is 0 Å². The topological polar surface area (TPSA) is 69.7 Å². The summed E-state index contributed by atoms with van der Waals surface area (Å²) in [7, 11) is 0.211. The lowest BCUT2D eigenvalue weighted by Crippen LogP contribution is -2.43. The van der Waals surface area contributed by atoms with Gasteiger partial charge in [-0.3, -0.25) is 4.79 Å². The molecule has 1 saturated heterocycles. The maximum absolute atomic E-state index is 13.0. The van der Waals surface area contributed by atoms with Gasteiger partial charge in [-0.05, 0) is 62.6 Å². The van der Waals surface area contributed by atoms with Crippen LogP contribution >= 0.6 is 0 Å². The number of nitrogens with zero attached hydrogens (tertiary/aromatic N) is 2. The smallest absolute Gasteiger partial charge is 0.243 e. The summed E-state index contributed by atoms with van der Waals surface area (Å²) in [6.07, 6.45) is 1.19. The van der Waals surface area contributed by atoms with Gasteiger partial charge in [0.1, 0.15) is 6.04 Å². The van der Waals surface area contributed by atoms with E-state index in [-0.39, 0.29) is 10.8 Å². The van der Waals surface area contributed by atoms with Gasteiger partial charge in [0, 0.05) is 32.0 Å². The largest absolute Gasteiger partial charge is 0.378 e. The van der Waals surface area contributed by atoms with Gasteiger partial charge in [-0.15, -0.1) is 0 Å². The average Bonchev–Trinajstić information content (AvgIpc) is 3.14. The minimum atomic E-state index is -3.70. The molecule has 0 aromatic heterocycles. The number of nitrogens with one attached hydrogen (secondary N) is 1. The summed E-state index contributed by atoms with van der Waals surface area (Å²) in [6, 6.07) is 11.8. The molecule has 1 amide bonds. The fourth-order valence-electron chi connectivity index (χ4n) is 3.42. The predicted octanol–water partition coefficient (Wildman–Crippen LogP) is 3.16. The molecule has 1 fully saturated rings. The van der Waals surface area contributed by atoms with Crippen LogP contribution in [0.4, 0.5) is 11.4 Å². The Balaban J connectivity index is 1.81. The van der Waals surface area contributed by atoms with E-state index in [2.05, 4.69) is 5.32 Å². The van der Waals surface area contributed by atoms with Crippen molar-refractivity contribution < 1.29 is 13.2 Å². The number of aryl methyl sites for hydroxylation is 2. The lowest BCUT2D eigenvalue weighted by atomic mass is 10.1. The van der Waals surface area contributed by atoms with Crippen LogP contribution in [0.2, 0.25) is 0 Å². The molecule has 0 bridgehead atoms. The van der Waals surface area contributed by atoms with Crippen molar-refractivity contribution in [2.45, 2.75) is 37.6 Å². The minimum Gasteiger partial charge on any atom is -0.378 e. The summed E-state index contributed by atoms with van der Waals surface area (Å²) < 4.78 is 27.4. The Hall–Kier alpha value is -2.38. The lowest BCUT2D eigenvalue weighted by molar-refractivity contribution is -0.119. The number of sulfonamides is 1. The Morgan fingerprint density at radius 2 is 1.79 bits per heavy atom. The second kappa shape index (κ2) is 7.93. The Bertz CT molecular complexity index is 969. The molecule has 6 nitrogen and oxygen atoms in total. The molecule has 150 valence electrons. The van der Waals surface area contributed by atoms with E-state index in [1.54, 1.807) is 24.3 Å². The minimum absolute atomic E-state index is 0.226. The van der Waals surface area contributed by atoms with Crippen molar-refractivity contribution in [2.75, 3.05) is 30.9 Å². The number of hydrogen-bond acceptors (Lipinski definition) is 4. The fourth-order valence-corrected chi connectivity index (χ4v) is 5.07. The van der Waals surface area contributed by atoms with Gasteiger partial charge in [0.25, 0.3) is 0 Å². The van der Waals surface area contributed by atoms with Gasteiger partial charge >= 0.3 is 0 Å². The molecule has 0 saturated carbocycles. The molecule has 2 aromatic rings. The van der Waals surface area contributed by atoms with Crippen molar-refractivity contribution >= 4 is 27.3 Å². The van der Waals surface area contributed by atoms with Crippen LogP contribution in [0.25, 0.3) is 0 Å². The standard InChI is InChI=1S/C21H27N3O3S/c1-15-7-10-18(11-8-15)28(26,27)24-13-5-6-20(24)21(25)22-19-12-9-17(23(3)4)14-16(19)2/h7-12,14,20H,5-6,13H2,1-4H3,(H,22,25)/t20-/m0/s1. The fraction of sp³-hybridized carbons (Fsp3) is 0.381. The first kappa shape index (κ1) is 20.4. The van der Waals surface area contributed by atoms with Crippen molar-refractivity contribution in [3.63, 3.8) is 0 Å². The van der Waals surface area contributed by atoms with Gasteiger partial charge in [-0.25, -0.2) is 8.42 Å². The van der Waals surface area contributed by atoms with Crippen LogP contribution in [0.1, 0.15) is 24.0 Å². The molecule has 1 aliphatic heterocycles. The van der Waals surface area contributed by atoms with Gasteiger partial charge in [-0.1, -0.05) is 17.7 Å². The van der Waals surface area contributed by atoms with E-state index < -0.39 is 16.1 Å². The highest BCUT2D eigenvalue weighted by molar-refractivity contribution is 7.89. The number of carbonyl (C=O) groups excluding carboxylic acids is 1. The normalized spacial score (nSPS) is 17.5. The van der Waals surface area contributed by atoms with E-state index in [0.717, 1.165) is 16.8 Å². The summed E-state index contributed by atoms with van der Waals surface area (Å²) >= 11 is 0. The van der Waals surface area contributed by atoms with E-state index in [9.17, 15) is 13.2 Å². The van der Waals surface area contributed by atoms with Crippen LogP contribution in [0.5, 0.6) is 0 Å².